The van der Waals surface area contributed by atoms with Crippen LogP contribution in [0.3, 0.4) is 0 Å². The predicted octanol–water partition coefficient (Wildman–Crippen LogP) is 0.397. The summed E-state index contributed by atoms with van der Waals surface area (Å²) in [6.07, 6.45) is 3.18. The highest BCUT2D eigenvalue weighted by atomic mass is 16.4. The zero-order chi connectivity index (χ0) is 12.0. The van der Waals surface area contributed by atoms with Gasteiger partial charge in [-0.25, -0.2) is 0 Å². The molecule has 0 unspecified atom stereocenters. The van der Waals surface area contributed by atoms with Crippen molar-refractivity contribution in [2.45, 2.75) is 19.3 Å². The minimum Gasteiger partial charge on any atom is -0.409 e. The van der Waals surface area contributed by atoms with Crippen molar-refractivity contribution in [3.8, 4) is 0 Å². The van der Waals surface area contributed by atoms with E-state index in [4.69, 9.17) is 10.9 Å². The molecular weight excluding hydrogens is 204 g/mol. The van der Waals surface area contributed by atoms with E-state index in [1.807, 2.05) is 0 Å². The van der Waals surface area contributed by atoms with E-state index < -0.39 is 0 Å². The average molecular weight is 228 g/mol. The molecule has 3 N–H and O–H groups in total. The van der Waals surface area contributed by atoms with E-state index in [1.54, 1.807) is 0 Å². The summed E-state index contributed by atoms with van der Waals surface area (Å²) < 4.78 is 0. The van der Waals surface area contributed by atoms with Crippen LogP contribution >= 0.6 is 0 Å². The SMILES string of the molecule is CN(C)CC1CCN(CCC(N)=NO)CC1. The van der Waals surface area contributed by atoms with Gasteiger partial charge in [0.25, 0.3) is 0 Å². The molecule has 94 valence electrons. The van der Waals surface area contributed by atoms with E-state index in [0.717, 1.165) is 25.6 Å². The smallest absolute Gasteiger partial charge is 0.140 e. The largest absolute Gasteiger partial charge is 0.409 e. The van der Waals surface area contributed by atoms with Gasteiger partial charge in [-0.05, 0) is 45.9 Å². The van der Waals surface area contributed by atoms with Crippen LogP contribution in [0.25, 0.3) is 0 Å². The lowest BCUT2D eigenvalue weighted by Crippen LogP contribution is -2.38. The third kappa shape index (κ3) is 4.81. The van der Waals surface area contributed by atoms with Crippen LogP contribution in [0.5, 0.6) is 0 Å². The number of hydrogen-bond acceptors (Lipinski definition) is 4. The Hall–Kier alpha value is -0.810. The zero-order valence-corrected chi connectivity index (χ0v) is 10.4. The van der Waals surface area contributed by atoms with Crippen molar-refractivity contribution >= 4 is 5.84 Å². The highest BCUT2D eigenvalue weighted by Crippen LogP contribution is 2.17. The summed E-state index contributed by atoms with van der Waals surface area (Å²) in [6, 6.07) is 0. The Balaban J connectivity index is 2.17. The molecule has 1 heterocycles. The van der Waals surface area contributed by atoms with Gasteiger partial charge in [0, 0.05) is 19.5 Å². The lowest BCUT2D eigenvalue weighted by molar-refractivity contribution is 0.165. The van der Waals surface area contributed by atoms with E-state index in [-0.39, 0.29) is 0 Å². The fraction of sp³-hybridized carbons (Fsp3) is 0.909. The second-order valence-corrected chi connectivity index (χ2v) is 4.89. The molecule has 0 saturated carbocycles. The van der Waals surface area contributed by atoms with E-state index in [9.17, 15) is 0 Å². The van der Waals surface area contributed by atoms with Crippen molar-refractivity contribution in [1.82, 2.24) is 9.80 Å². The molecule has 5 heteroatoms. The first-order valence-electron chi connectivity index (χ1n) is 5.95. The molecule has 1 saturated heterocycles. The maximum absolute atomic E-state index is 8.44. The molecule has 0 atom stereocenters. The highest BCUT2D eigenvalue weighted by Gasteiger charge is 2.19. The Morgan fingerprint density at radius 3 is 2.56 bits per heavy atom. The zero-order valence-electron chi connectivity index (χ0n) is 10.4. The molecule has 0 aliphatic carbocycles. The van der Waals surface area contributed by atoms with Crippen molar-refractivity contribution < 1.29 is 5.21 Å². The van der Waals surface area contributed by atoms with Gasteiger partial charge in [-0.1, -0.05) is 5.16 Å². The topological polar surface area (TPSA) is 65.1 Å². The number of rotatable bonds is 5. The fourth-order valence-electron chi connectivity index (χ4n) is 2.23. The van der Waals surface area contributed by atoms with Gasteiger partial charge in [-0.15, -0.1) is 0 Å². The summed E-state index contributed by atoms with van der Waals surface area (Å²) in [5, 5.41) is 11.4. The van der Waals surface area contributed by atoms with Crippen LogP contribution in [0, 0.1) is 5.92 Å². The number of piperidine rings is 1. The van der Waals surface area contributed by atoms with Crippen molar-refractivity contribution in [3.05, 3.63) is 0 Å². The Labute approximate surface area is 97.9 Å². The van der Waals surface area contributed by atoms with Crippen LogP contribution in [0.2, 0.25) is 0 Å². The van der Waals surface area contributed by atoms with Gasteiger partial charge in [0.15, 0.2) is 0 Å². The van der Waals surface area contributed by atoms with Gasteiger partial charge in [0.2, 0.25) is 0 Å². The maximum atomic E-state index is 8.44. The molecule has 0 spiro atoms. The molecule has 1 rings (SSSR count). The average Bonchev–Trinajstić information content (AvgIpc) is 2.27. The van der Waals surface area contributed by atoms with Gasteiger partial charge in [-0.2, -0.15) is 0 Å². The number of likely N-dealkylation sites (tertiary alicyclic amines) is 1. The third-order valence-corrected chi connectivity index (χ3v) is 3.14. The monoisotopic (exact) mass is 228 g/mol. The van der Waals surface area contributed by atoms with E-state index in [2.05, 4.69) is 29.1 Å². The summed E-state index contributed by atoms with van der Waals surface area (Å²) in [5.41, 5.74) is 5.45. The van der Waals surface area contributed by atoms with Crippen molar-refractivity contribution in [1.29, 1.82) is 0 Å². The maximum Gasteiger partial charge on any atom is 0.140 e. The van der Waals surface area contributed by atoms with Crippen molar-refractivity contribution in [3.63, 3.8) is 0 Å². The second-order valence-electron chi connectivity index (χ2n) is 4.89. The van der Waals surface area contributed by atoms with Crippen LogP contribution in [0.4, 0.5) is 0 Å². The van der Waals surface area contributed by atoms with E-state index in [1.165, 1.54) is 19.4 Å². The predicted molar refractivity (Wildman–Crippen MR) is 65.7 cm³/mol. The number of nitrogens with two attached hydrogens (primary N) is 1. The minimum absolute atomic E-state index is 0.329. The van der Waals surface area contributed by atoms with Crippen LogP contribution < -0.4 is 5.73 Å². The van der Waals surface area contributed by atoms with Gasteiger partial charge >= 0.3 is 0 Å². The molecule has 1 aliphatic heterocycles. The van der Waals surface area contributed by atoms with Crippen molar-refractivity contribution in [2.24, 2.45) is 16.8 Å². The highest BCUT2D eigenvalue weighted by molar-refractivity contribution is 5.79. The molecule has 0 aromatic heterocycles. The standard InChI is InChI=1S/C11H24N4O/c1-14(2)9-10-3-6-15(7-4-10)8-5-11(12)13-16/h10,16H,3-9H2,1-2H3,(H2,12,13). The fourth-order valence-corrected chi connectivity index (χ4v) is 2.23. The summed E-state index contributed by atoms with van der Waals surface area (Å²) in [5.74, 6) is 1.16. The lowest BCUT2D eigenvalue weighted by Gasteiger charge is -2.33. The molecule has 1 aliphatic rings. The summed E-state index contributed by atoms with van der Waals surface area (Å²) in [7, 11) is 4.26. The second kappa shape index (κ2) is 6.70. The van der Waals surface area contributed by atoms with Gasteiger partial charge in [-0.3, -0.25) is 0 Å². The Morgan fingerprint density at radius 2 is 2.06 bits per heavy atom. The van der Waals surface area contributed by atoms with Gasteiger partial charge in [0.05, 0.1) is 0 Å². The van der Waals surface area contributed by atoms with E-state index in [0.29, 0.717) is 12.3 Å². The number of nitrogens with zero attached hydrogens (tertiary/aromatic N) is 3. The molecule has 0 bridgehead atoms. The quantitative estimate of drug-likeness (QED) is 0.309. The van der Waals surface area contributed by atoms with E-state index >= 15 is 0 Å². The van der Waals surface area contributed by atoms with Gasteiger partial charge < -0.3 is 20.7 Å². The molecule has 1 fully saturated rings. The normalized spacial score (nSPS) is 20.6. The molecule has 0 radical (unpaired) electrons. The number of amidine groups is 1. The third-order valence-electron chi connectivity index (χ3n) is 3.14. The van der Waals surface area contributed by atoms with Crippen LogP contribution in [0.1, 0.15) is 19.3 Å². The molecule has 16 heavy (non-hydrogen) atoms. The molecule has 0 aromatic carbocycles. The lowest BCUT2D eigenvalue weighted by atomic mass is 9.96. The minimum atomic E-state index is 0.329. The summed E-state index contributed by atoms with van der Waals surface area (Å²) in [4.78, 5) is 4.65. The van der Waals surface area contributed by atoms with Gasteiger partial charge in [0.1, 0.15) is 5.84 Å². The summed E-state index contributed by atoms with van der Waals surface area (Å²) in [6.45, 7) is 4.37. The number of oxime groups is 1. The molecule has 0 aromatic rings. The van der Waals surface area contributed by atoms with Crippen LogP contribution in [-0.2, 0) is 0 Å². The number of hydrogen-bond donors (Lipinski definition) is 2. The van der Waals surface area contributed by atoms with Crippen LogP contribution in [0.15, 0.2) is 5.16 Å². The van der Waals surface area contributed by atoms with Crippen LogP contribution in [-0.4, -0.2) is 61.1 Å². The Bertz CT molecular complexity index is 222. The first-order chi connectivity index (χ1) is 7.61. The first kappa shape index (κ1) is 13.3. The molecular formula is C11H24N4O. The summed E-state index contributed by atoms with van der Waals surface area (Å²) >= 11 is 0. The first-order valence-corrected chi connectivity index (χ1v) is 5.95. The van der Waals surface area contributed by atoms with Crippen molar-refractivity contribution in [2.75, 3.05) is 40.3 Å². The Morgan fingerprint density at radius 1 is 1.44 bits per heavy atom. The molecule has 0 amide bonds. The molecule has 5 nitrogen and oxygen atoms in total. The Kier molecular flexibility index (Phi) is 5.55.